The summed E-state index contributed by atoms with van der Waals surface area (Å²) in [6.07, 6.45) is 4.22. The first-order valence-corrected chi connectivity index (χ1v) is 9.41. The van der Waals surface area contributed by atoms with Gasteiger partial charge in [-0.05, 0) is 50.8 Å². The number of piperidine rings is 1. The van der Waals surface area contributed by atoms with E-state index in [9.17, 15) is 9.18 Å². The van der Waals surface area contributed by atoms with Gasteiger partial charge in [0.1, 0.15) is 5.82 Å². The number of nitrogens with zero attached hydrogens (tertiary/aromatic N) is 2. The first-order valence-electron chi connectivity index (χ1n) is 9.41. The van der Waals surface area contributed by atoms with E-state index >= 15 is 0 Å². The fraction of sp³-hybridized carbons (Fsp3) is 0.650. The van der Waals surface area contributed by atoms with E-state index in [1.54, 1.807) is 13.2 Å². The second-order valence-electron chi connectivity index (χ2n) is 7.36. The van der Waals surface area contributed by atoms with E-state index in [4.69, 9.17) is 4.74 Å². The average molecular weight is 348 g/mol. The molecular formula is C20H29FN2O2. The van der Waals surface area contributed by atoms with Gasteiger partial charge in [0.2, 0.25) is 5.91 Å². The van der Waals surface area contributed by atoms with Gasteiger partial charge < -0.3 is 9.64 Å². The Morgan fingerprint density at radius 2 is 1.96 bits per heavy atom. The predicted octanol–water partition coefficient (Wildman–Crippen LogP) is 2.92. The van der Waals surface area contributed by atoms with Crippen LogP contribution in [0, 0.1) is 17.7 Å². The van der Waals surface area contributed by atoms with Crippen LogP contribution < -0.4 is 0 Å². The number of hydrogen-bond acceptors (Lipinski definition) is 3. The maximum atomic E-state index is 13.8. The highest BCUT2D eigenvalue weighted by Crippen LogP contribution is 2.32. The molecule has 138 valence electrons. The van der Waals surface area contributed by atoms with Crippen LogP contribution in [0.25, 0.3) is 0 Å². The van der Waals surface area contributed by atoms with Gasteiger partial charge in [0.15, 0.2) is 0 Å². The van der Waals surface area contributed by atoms with Crippen LogP contribution in [0.4, 0.5) is 4.39 Å². The van der Waals surface area contributed by atoms with Gasteiger partial charge in [0.25, 0.3) is 0 Å². The van der Waals surface area contributed by atoms with Crippen LogP contribution >= 0.6 is 0 Å². The van der Waals surface area contributed by atoms with Crippen molar-refractivity contribution in [2.75, 3.05) is 39.9 Å². The molecule has 0 spiro atoms. The lowest BCUT2D eigenvalue weighted by atomic mass is 9.95. The Balaban J connectivity index is 1.47. The zero-order valence-corrected chi connectivity index (χ0v) is 15.1. The first kappa shape index (κ1) is 18.3. The largest absolute Gasteiger partial charge is 0.383 e. The Bertz CT molecular complexity index is 569. The van der Waals surface area contributed by atoms with Crippen molar-refractivity contribution in [3.8, 4) is 0 Å². The Hall–Kier alpha value is -1.46. The van der Waals surface area contributed by atoms with Gasteiger partial charge in [0, 0.05) is 38.2 Å². The smallest absolute Gasteiger partial charge is 0.225 e. The Kier molecular flexibility index (Phi) is 6.43. The van der Waals surface area contributed by atoms with Crippen molar-refractivity contribution in [3.63, 3.8) is 0 Å². The quantitative estimate of drug-likeness (QED) is 0.724. The third kappa shape index (κ3) is 5.25. The van der Waals surface area contributed by atoms with Crippen molar-refractivity contribution in [3.05, 3.63) is 35.6 Å². The number of halogens is 1. The molecule has 1 amide bonds. The van der Waals surface area contributed by atoms with Crippen LogP contribution in [-0.2, 0) is 16.1 Å². The first-order chi connectivity index (χ1) is 12.2. The summed E-state index contributed by atoms with van der Waals surface area (Å²) in [4.78, 5) is 16.8. The van der Waals surface area contributed by atoms with Crippen LogP contribution in [0.3, 0.4) is 0 Å². The molecule has 25 heavy (non-hydrogen) atoms. The molecule has 0 bridgehead atoms. The summed E-state index contributed by atoms with van der Waals surface area (Å²) < 4.78 is 19.0. The van der Waals surface area contributed by atoms with Gasteiger partial charge in [0.05, 0.1) is 6.61 Å². The van der Waals surface area contributed by atoms with E-state index in [1.165, 1.54) is 6.07 Å². The molecular weight excluding hydrogens is 319 g/mol. The monoisotopic (exact) mass is 348 g/mol. The molecule has 1 aliphatic heterocycles. The van der Waals surface area contributed by atoms with E-state index in [-0.39, 0.29) is 11.7 Å². The number of hydrogen-bond donors (Lipinski definition) is 0. The van der Waals surface area contributed by atoms with Gasteiger partial charge in [-0.25, -0.2) is 4.39 Å². The maximum Gasteiger partial charge on any atom is 0.225 e. The van der Waals surface area contributed by atoms with Crippen molar-refractivity contribution < 1.29 is 13.9 Å². The molecule has 1 saturated heterocycles. The number of benzene rings is 1. The number of ether oxygens (including phenoxy) is 1. The molecule has 2 fully saturated rings. The van der Waals surface area contributed by atoms with E-state index in [0.29, 0.717) is 31.5 Å². The highest BCUT2D eigenvalue weighted by molar-refractivity contribution is 5.81. The zero-order chi connectivity index (χ0) is 17.6. The van der Waals surface area contributed by atoms with Crippen LogP contribution in [0.1, 0.15) is 31.2 Å². The van der Waals surface area contributed by atoms with Gasteiger partial charge in [-0.15, -0.1) is 0 Å². The number of methoxy groups -OCH3 is 1. The molecule has 1 heterocycles. The molecule has 1 aromatic rings. The lowest BCUT2D eigenvalue weighted by Gasteiger charge is -2.35. The third-order valence-electron chi connectivity index (χ3n) is 5.34. The molecule has 0 unspecified atom stereocenters. The summed E-state index contributed by atoms with van der Waals surface area (Å²) in [5.41, 5.74) is 0.770. The molecule has 1 aliphatic carbocycles. The number of carbonyl (C=O) groups excluding carboxylic acids is 1. The van der Waals surface area contributed by atoms with Crippen LogP contribution in [-0.4, -0.2) is 55.6 Å². The van der Waals surface area contributed by atoms with Gasteiger partial charge in [-0.1, -0.05) is 18.2 Å². The van der Waals surface area contributed by atoms with Crippen LogP contribution in [0.5, 0.6) is 0 Å². The highest BCUT2D eigenvalue weighted by atomic mass is 19.1. The summed E-state index contributed by atoms with van der Waals surface area (Å²) in [6, 6.07) is 7.01. The van der Waals surface area contributed by atoms with E-state index < -0.39 is 0 Å². The molecule has 0 atom stereocenters. The molecule has 2 aliphatic rings. The van der Waals surface area contributed by atoms with Crippen LogP contribution in [0.2, 0.25) is 0 Å². The van der Waals surface area contributed by atoms with Crippen LogP contribution in [0.15, 0.2) is 24.3 Å². The van der Waals surface area contributed by atoms with Crippen molar-refractivity contribution >= 4 is 5.91 Å². The summed E-state index contributed by atoms with van der Waals surface area (Å²) in [6.45, 7) is 4.75. The minimum Gasteiger partial charge on any atom is -0.383 e. The second kappa shape index (κ2) is 8.77. The Morgan fingerprint density at radius 3 is 2.60 bits per heavy atom. The molecule has 4 nitrogen and oxygen atoms in total. The normalized spacial score (nSPS) is 19.1. The summed E-state index contributed by atoms with van der Waals surface area (Å²) in [7, 11) is 1.68. The number of carbonyl (C=O) groups is 1. The van der Waals surface area contributed by atoms with E-state index in [0.717, 1.165) is 50.9 Å². The number of likely N-dealkylation sites (tertiary alicyclic amines) is 1. The lowest BCUT2D eigenvalue weighted by Crippen LogP contribution is -2.42. The molecule has 1 aromatic carbocycles. The zero-order valence-electron chi connectivity index (χ0n) is 15.1. The standard InChI is InChI=1S/C20H29FN2O2/c1-25-13-12-23(20(24)17-6-7-17)14-16-8-10-22(11-9-16)15-18-4-2-3-5-19(18)21/h2-5,16-17H,6-15H2,1H3. The molecule has 5 heteroatoms. The Morgan fingerprint density at radius 1 is 1.24 bits per heavy atom. The van der Waals surface area contributed by atoms with Gasteiger partial charge in [-0.2, -0.15) is 0 Å². The van der Waals surface area contributed by atoms with Crippen molar-refractivity contribution in [2.24, 2.45) is 11.8 Å². The lowest BCUT2D eigenvalue weighted by molar-refractivity contribution is -0.134. The van der Waals surface area contributed by atoms with Crippen molar-refractivity contribution in [2.45, 2.75) is 32.2 Å². The number of rotatable bonds is 8. The highest BCUT2D eigenvalue weighted by Gasteiger charge is 2.34. The topological polar surface area (TPSA) is 32.8 Å². The minimum absolute atomic E-state index is 0.120. The molecule has 0 radical (unpaired) electrons. The Labute approximate surface area is 149 Å². The third-order valence-corrected chi connectivity index (χ3v) is 5.34. The minimum atomic E-state index is -0.120. The van der Waals surface area contributed by atoms with E-state index in [2.05, 4.69) is 4.90 Å². The average Bonchev–Trinajstić information content (AvgIpc) is 3.46. The van der Waals surface area contributed by atoms with E-state index in [1.807, 2.05) is 17.0 Å². The molecule has 0 N–H and O–H groups in total. The number of amides is 1. The second-order valence-corrected chi connectivity index (χ2v) is 7.36. The van der Waals surface area contributed by atoms with Gasteiger partial charge in [-0.3, -0.25) is 9.69 Å². The summed E-state index contributed by atoms with van der Waals surface area (Å²) >= 11 is 0. The molecule has 1 saturated carbocycles. The SMILES string of the molecule is COCCN(CC1CCN(Cc2ccccc2F)CC1)C(=O)C1CC1. The fourth-order valence-electron chi connectivity index (χ4n) is 3.59. The molecule has 3 rings (SSSR count). The predicted molar refractivity (Wildman–Crippen MR) is 95.6 cm³/mol. The van der Waals surface area contributed by atoms with Gasteiger partial charge >= 0.3 is 0 Å². The fourth-order valence-corrected chi connectivity index (χ4v) is 3.59. The van der Waals surface area contributed by atoms with Crippen molar-refractivity contribution in [1.82, 2.24) is 9.80 Å². The maximum absolute atomic E-state index is 13.8. The summed E-state index contributed by atoms with van der Waals surface area (Å²) in [5.74, 6) is 0.991. The molecule has 0 aromatic heterocycles. The van der Waals surface area contributed by atoms with Crippen molar-refractivity contribution in [1.29, 1.82) is 0 Å². The summed E-state index contributed by atoms with van der Waals surface area (Å²) in [5, 5.41) is 0.